The normalized spacial score (nSPS) is 16.0. The zero-order valence-electron chi connectivity index (χ0n) is 7.10. The summed E-state index contributed by atoms with van der Waals surface area (Å²) in [6, 6.07) is 0.405. The molecule has 0 radical (unpaired) electrons. The zero-order chi connectivity index (χ0) is 9.42. The van der Waals surface area contributed by atoms with Gasteiger partial charge in [-0.25, -0.2) is 4.68 Å². The van der Waals surface area contributed by atoms with Gasteiger partial charge in [-0.1, -0.05) is 0 Å². The number of nitrogens with zero attached hydrogens (tertiary/aromatic N) is 2. The number of hydrogen-bond acceptors (Lipinski definition) is 3. The average molecular weight is 181 g/mol. The van der Waals surface area contributed by atoms with Gasteiger partial charge in [0.25, 0.3) is 0 Å². The molecule has 0 aliphatic heterocycles. The Labute approximate surface area is 75.2 Å². The highest BCUT2D eigenvalue weighted by atomic mass is 16.4. The molecule has 0 bridgehead atoms. The largest absolute Gasteiger partial charge is 0.481 e. The fourth-order valence-electron chi connectivity index (χ4n) is 1.32. The molecule has 1 aromatic rings. The van der Waals surface area contributed by atoms with Crippen molar-refractivity contribution in [1.29, 1.82) is 0 Å². The molecule has 1 aliphatic carbocycles. The van der Waals surface area contributed by atoms with Crippen LogP contribution in [0.3, 0.4) is 0 Å². The van der Waals surface area contributed by atoms with Gasteiger partial charge >= 0.3 is 5.97 Å². The molecule has 0 amide bonds. The van der Waals surface area contributed by atoms with Gasteiger partial charge < -0.3 is 10.8 Å². The molecule has 1 saturated carbocycles. The number of carboxylic acids is 1. The predicted molar refractivity (Wildman–Crippen MR) is 46.3 cm³/mol. The van der Waals surface area contributed by atoms with Crippen LogP contribution in [0.15, 0.2) is 6.20 Å². The molecule has 0 spiro atoms. The number of nitrogens with two attached hydrogens (primary N) is 1. The first-order chi connectivity index (χ1) is 6.18. The minimum Gasteiger partial charge on any atom is -0.481 e. The van der Waals surface area contributed by atoms with E-state index < -0.39 is 5.97 Å². The Balaban J connectivity index is 2.22. The lowest BCUT2D eigenvalue weighted by Gasteiger charge is -2.00. The van der Waals surface area contributed by atoms with Gasteiger partial charge in [0, 0.05) is 5.56 Å². The van der Waals surface area contributed by atoms with Crippen LogP contribution in [0, 0.1) is 0 Å². The van der Waals surface area contributed by atoms with Gasteiger partial charge in [-0.15, -0.1) is 0 Å². The Hall–Kier alpha value is -1.52. The molecule has 0 unspecified atom stereocenters. The Morgan fingerprint density at radius 3 is 3.00 bits per heavy atom. The summed E-state index contributed by atoms with van der Waals surface area (Å²) in [7, 11) is 0. The summed E-state index contributed by atoms with van der Waals surface area (Å²) in [6.07, 6.45) is 3.69. The molecule has 1 aromatic heterocycles. The Morgan fingerprint density at radius 2 is 2.46 bits per heavy atom. The molecule has 13 heavy (non-hydrogen) atoms. The van der Waals surface area contributed by atoms with E-state index in [1.54, 1.807) is 10.9 Å². The summed E-state index contributed by atoms with van der Waals surface area (Å²) in [4.78, 5) is 10.4. The third-order valence-corrected chi connectivity index (χ3v) is 2.15. The molecular weight excluding hydrogens is 170 g/mol. The van der Waals surface area contributed by atoms with Gasteiger partial charge in [-0.3, -0.25) is 4.79 Å². The summed E-state index contributed by atoms with van der Waals surface area (Å²) in [5.74, 6) is -0.369. The first-order valence-corrected chi connectivity index (χ1v) is 4.22. The minimum atomic E-state index is -0.873. The van der Waals surface area contributed by atoms with E-state index in [9.17, 15) is 4.79 Å². The molecule has 5 heteroatoms. The van der Waals surface area contributed by atoms with Crippen molar-refractivity contribution >= 4 is 11.8 Å². The van der Waals surface area contributed by atoms with Crippen molar-refractivity contribution in [3.63, 3.8) is 0 Å². The maximum absolute atomic E-state index is 10.4. The van der Waals surface area contributed by atoms with Gasteiger partial charge in [0.15, 0.2) is 0 Å². The van der Waals surface area contributed by atoms with E-state index in [0.717, 1.165) is 12.8 Å². The second-order valence-corrected chi connectivity index (χ2v) is 3.30. The van der Waals surface area contributed by atoms with E-state index in [2.05, 4.69) is 5.10 Å². The highest BCUT2D eigenvalue weighted by molar-refractivity contribution is 5.72. The zero-order valence-corrected chi connectivity index (χ0v) is 7.10. The van der Waals surface area contributed by atoms with Crippen LogP contribution in [-0.4, -0.2) is 20.9 Å². The van der Waals surface area contributed by atoms with Gasteiger partial charge in [-0.2, -0.15) is 5.10 Å². The SMILES string of the molecule is Nc1c(CC(=O)O)cnn1C1CC1. The van der Waals surface area contributed by atoms with Crippen LogP contribution in [0.1, 0.15) is 24.4 Å². The molecule has 70 valence electrons. The van der Waals surface area contributed by atoms with E-state index in [1.165, 1.54) is 0 Å². The highest BCUT2D eigenvalue weighted by Crippen LogP contribution is 2.36. The standard InChI is InChI=1S/C8H11N3O2/c9-8-5(3-7(12)13)4-10-11(8)6-1-2-6/h4,6H,1-3,9H2,(H,12,13). The molecule has 2 rings (SSSR count). The van der Waals surface area contributed by atoms with Crippen LogP contribution in [0.25, 0.3) is 0 Å². The number of carbonyl (C=O) groups is 1. The van der Waals surface area contributed by atoms with Crippen LogP contribution in [0.5, 0.6) is 0 Å². The second kappa shape index (κ2) is 2.76. The molecule has 3 N–H and O–H groups in total. The molecule has 1 aliphatic rings. The highest BCUT2D eigenvalue weighted by Gasteiger charge is 2.27. The Bertz CT molecular complexity index is 341. The van der Waals surface area contributed by atoms with Crippen LogP contribution in [0.4, 0.5) is 5.82 Å². The maximum atomic E-state index is 10.4. The molecule has 0 atom stereocenters. The van der Waals surface area contributed by atoms with Gasteiger partial charge in [0.2, 0.25) is 0 Å². The number of anilines is 1. The number of carboxylic acid groups (broad SMARTS) is 1. The quantitative estimate of drug-likeness (QED) is 0.708. The topological polar surface area (TPSA) is 81.1 Å². The Kier molecular flexibility index (Phi) is 1.72. The average Bonchev–Trinajstić information content (AvgIpc) is 2.81. The van der Waals surface area contributed by atoms with Gasteiger partial charge in [0.05, 0.1) is 18.7 Å². The summed E-state index contributed by atoms with van der Waals surface area (Å²) in [5.41, 5.74) is 6.34. The molecule has 0 saturated heterocycles. The summed E-state index contributed by atoms with van der Waals surface area (Å²) < 4.78 is 1.72. The summed E-state index contributed by atoms with van der Waals surface area (Å²) in [6.45, 7) is 0. The van der Waals surface area contributed by atoms with E-state index in [0.29, 0.717) is 17.4 Å². The van der Waals surface area contributed by atoms with Crippen molar-refractivity contribution in [2.45, 2.75) is 25.3 Å². The molecule has 0 aromatic carbocycles. The maximum Gasteiger partial charge on any atom is 0.308 e. The van der Waals surface area contributed by atoms with E-state index in [-0.39, 0.29) is 6.42 Å². The van der Waals surface area contributed by atoms with Gasteiger partial charge in [0.1, 0.15) is 5.82 Å². The van der Waals surface area contributed by atoms with E-state index in [1.807, 2.05) is 0 Å². The fraction of sp³-hybridized carbons (Fsp3) is 0.500. The van der Waals surface area contributed by atoms with E-state index in [4.69, 9.17) is 10.8 Å². The smallest absolute Gasteiger partial charge is 0.308 e. The minimum absolute atomic E-state index is 0.0431. The first-order valence-electron chi connectivity index (χ1n) is 4.22. The van der Waals surface area contributed by atoms with Crippen molar-refractivity contribution in [2.75, 3.05) is 5.73 Å². The predicted octanol–water partition coefficient (Wildman–Crippen LogP) is 0.427. The third-order valence-electron chi connectivity index (χ3n) is 2.15. The lowest BCUT2D eigenvalue weighted by atomic mass is 10.2. The number of rotatable bonds is 3. The van der Waals surface area contributed by atoms with Crippen molar-refractivity contribution in [3.05, 3.63) is 11.8 Å². The number of nitrogen functional groups attached to an aromatic ring is 1. The monoisotopic (exact) mass is 181 g/mol. The lowest BCUT2D eigenvalue weighted by Crippen LogP contribution is -2.06. The van der Waals surface area contributed by atoms with Crippen molar-refractivity contribution in [2.24, 2.45) is 0 Å². The lowest BCUT2D eigenvalue weighted by molar-refractivity contribution is -0.136. The summed E-state index contributed by atoms with van der Waals surface area (Å²) in [5, 5.41) is 12.6. The van der Waals surface area contributed by atoms with Crippen molar-refractivity contribution < 1.29 is 9.90 Å². The molecule has 1 heterocycles. The number of aliphatic carboxylic acids is 1. The van der Waals surface area contributed by atoms with Crippen LogP contribution < -0.4 is 5.73 Å². The fourth-order valence-corrected chi connectivity index (χ4v) is 1.32. The molecule has 5 nitrogen and oxygen atoms in total. The van der Waals surface area contributed by atoms with Crippen LogP contribution in [0.2, 0.25) is 0 Å². The van der Waals surface area contributed by atoms with Gasteiger partial charge in [-0.05, 0) is 12.8 Å². The van der Waals surface area contributed by atoms with Crippen LogP contribution in [-0.2, 0) is 11.2 Å². The second-order valence-electron chi connectivity index (χ2n) is 3.30. The van der Waals surface area contributed by atoms with Crippen molar-refractivity contribution in [3.8, 4) is 0 Å². The third kappa shape index (κ3) is 1.49. The van der Waals surface area contributed by atoms with E-state index >= 15 is 0 Å². The Morgan fingerprint density at radius 1 is 1.77 bits per heavy atom. The van der Waals surface area contributed by atoms with Crippen LogP contribution >= 0.6 is 0 Å². The number of aromatic nitrogens is 2. The number of hydrogen-bond donors (Lipinski definition) is 2. The first kappa shape index (κ1) is 8.10. The summed E-state index contributed by atoms with van der Waals surface area (Å²) >= 11 is 0. The molecule has 1 fully saturated rings. The van der Waals surface area contributed by atoms with Crippen molar-refractivity contribution in [1.82, 2.24) is 9.78 Å². The molecular formula is C8H11N3O2.